The molecule has 0 aliphatic rings. The molecule has 0 bridgehead atoms. The van der Waals surface area contributed by atoms with E-state index in [0.717, 1.165) is 33.4 Å². The van der Waals surface area contributed by atoms with Crippen molar-refractivity contribution in [3.63, 3.8) is 0 Å². The smallest absolute Gasteiger partial charge is 0.218 e. The van der Waals surface area contributed by atoms with Gasteiger partial charge in [-0.25, -0.2) is 4.98 Å². The Balaban J connectivity index is 1.81. The number of nitrogens with zero attached hydrogens (tertiary/aromatic N) is 2. The highest BCUT2D eigenvalue weighted by atomic mass is 35.5. The molecule has 2 heterocycles. The van der Waals surface area contributed by atoms with Crippen LogP contribution in [0.3, 0.4) is 0 Å². The summed E-state index contributed by atoms with van der Waals surface area (Å²) in [6, 6.07) is 16.8. The van der Waals surface area contributed by atoms with Crippen molar-refractivity contribution in [3.8, 4) is 45.3 Å². The lowest BCUT2D eigenvalue weighted by molar-refractivity contribution is 0.390. The fourth-order valence-electron chi connectivity index (χ4n) is 4.14. The van der Waals surface area contributed by atoms with Gasteiger partial charge < -0.3 is 20.9 Å². The molecule has 4 aromatic rings. The third kappa shape index (κ3) is 4.90. The summed E-state index contributed by atoms with van der Waals surface area (Å²) in [7, 11) is 3.19. The van der Waals surface area contributed by atoms with Crippen molar-refractivity contribution in [1.29, 1.82) is 0 Å². The van der Waals surface area contributed by atoms with Crippen LogP contribution in [0.2, 0.25) is 10.0 Å². The lowest BCUT2D eigenvalue weighted by Gasteiger charge is -2.16. The van der Waals surface area contributed by atoms with E-state index in [9.17, 15) is 0 Å². The Hall–Kier alpha value is -3.16. The van der Waals surface area contributed by atoms with Gasteiger partial charge in [-0.3, -0.25) is 4.98 Å². The first kappa shape index (κ1) is 25.9. The van der Waals surface area contributed by atoms with Crippen LogP contribution >= 0.6 is 23.2 Å². The van der Waals surface area contributed by atoms with Crippen LogP contribution in [0.25, 0.3) is 33.6 Å². The fourth-order valence-corrected chi connectivity index (χ4v) is 4.78. The highest BCUT2D eigenvalue weighted by Crippen LogP contribution is 2.42. The van der Waals surface area contributed by atoms with Gasteiger partial charge in [0.15, 0.2) is 0 Å². The van der Waals surface area contributed by atoms with Crippen molar-refractivity contribution >= 4 is 23.2 Å². The number of benzene rings is 2. The molecule has 2 atom stereocenters. The van der Waals surface area contributed by atoms with Gasteiger partial charge in [0.05, 0.1) is 35.7 Å². The number of hydrogen-bond donors (Lipinski definition) is 2. The minimum atomic E-state index is -0.210. The third-order valence-corrected chi connectivity index (χ3v) is 6.81. The van der Waals surface area contributed by atoms with Crippen LogP contribution in [-0.4, -0.2) is 24.2 Å². The molecule has 2 aromatic heterocycles. The predicted molar refractivity (Wildman–Crippen MR) is 147 cm³/mol. The van der Waals surface area contributed by atoms with E-state index in [1.807, 2.05) is 68.4 Å². The second-order valence-electron chi connectivity index (χ2n) is 8.52. The van der Waals surface area contributed by atoms with Crippen LogP contribution in [0.5, 0.6) is 11.6 Å². The monoisotopic (exact) mass is 522 g/mol. The number of pyridine rings is 2. The quantitative estimate of drug-likeness (QED) is 0.275. The number of hydrogen-bond acceptors (Lipinski definition) is 6. The summed E-state index contributed by atoms with van der Waals surface area (Å²) in [6.07, 6.45) is 1.71. The molecule has 0 fully saturated rings. The number of halogens is 2. The van der Waals surface area contributed by atoms with Crippen molar-refractivity contribution < 1.29 is 9.47 Å². The van der Waals surface area contributed by atoms with Crippen LogP contribution in [0.1, 0.15) is 37.1 Å². The molecule has 0 saturated heterocycles. The maximum Gasteiger partial charge on any atom is 0.218 e. The molecule has 0 aliphatic heterocycles. The highest BCUT2D eigenvalue weighted by molar-refractivity contribution is 6.39. The normalized spacial score (nSPS) is 12.8. The van der Waals surface area contributed by atoms with Gasteiger partial charge in [0.1, 0.15) is 5.75 Å². The first-order valence-corrected chi connectivity index (χ1v) is 12.2. The van der Waals surface area contributed by atoms with Crippen LogP contribution in [0.15, 0.2) is 60.8 Å². The number of rotatable bonds is 7. The molecule has 2 aromatic carbocycles. The largest absolute Gasteiger partial charge is 0.496 e. The average Bonchev–Trinajstić information content (AvgIpc) is 2.88. The fraction of sp³-hybridized carbons (Fsp3) is 0.214. The molecular formula is C28H28Cl2N4O2. The summed E-state index contributed by atoms with van der Waals surface area (Å²) >= 11 is 13.8. The zero-order valence-electron chi connectivity index (χ0n) is 20.5. The first-order valence-electron chi connectivity index (χ1n) is 11.4. The topological polar surface area (TPSA) is 96.3 Å². The van der Waals surface area contributed by atoms with Gasteiger partial charge in [-0.2, -0.15) is 0 Å². The molecule has 0 unspecified atom stereocenters. The summed E-state index contributed by atoms with van der Waals surface area (Å²) in [4.78, 5) is 9.19. The van der Waals surface area contributed by atoms with E-state index in [2.05, 4.69) is 9.97 Å². The lowest BCUT2D eigenvalue weighted by Crippen LogP contribution is -2.08. The standard InChI is InChI=1S/C28H28Cl2N4O2/c1-15(31)18-9-8-17(14-24(18)35-3)27-26(30)21(12-13-33-27)20-6-5-7-22(25(20)29)23-11-10-19(16(2)32)28(34-23)36-4/h5-16H,31-32H2,1-4H3/t15-,16-/m1/s1. The third-order valence-electron chi connectivity index (χ3n) is 6.03. The molecule has 0 spiro atoms. The minimum Gasteiger partial charge on any atom is -0.496 e. The molecule has 4 rings (SSSR count). The maximum absolute atomic E-state index is 6.93. The molecular weight excluding hydrogens is 495 g/mol. The predicted octanol–water partition coefficient (Wildman–Crippen LogP) is 6.84. The molecule has 0 aliphatic carbocycles. The van der Waals surface area contributed by atoms with Crippen molar-refractivity contribution in [2.75, 3.05) is 14.2 Å². The molecule has 186 valence electrons. The van der Waals surface area contributed by atoms with E-state index in [0.29, 0.717) is 33.1 Å². The van der Waals surface area contributed by atoms with Gasteiger partial charge in [-0.15, -0.1) is 0 Å². The molecule has 6 nitrogen and oxygen atoms in total. The highest BCUT2D eigenvalue weighted by Gasteiger charge is 2.19. The second kappa shape index (κ2) is 10.8. The van der Waals surface area contributed by atoms with Gasteiger partial charge >= 0.3 is 0 Å². The number of ether oxygens (including phenoxy) is 2. The van der Waals surface area contributed by atoms with Gasteiger partial charge in [-0.1, -0.05) is 53.5 Å². The van der Waals surface area contributed by atoms with Gasteiger partial charge in [0.25, 0.3) is 0 Å². The van der Waals surface area contributed by atoms with Gasteiger partial charge in [0.2, 0.25) is 5.88 Å². The Morgan fingerprint density at radius 3 is 2.11 bits per heavy atom. The van der Waals surface area contributed by atoms with Crippen LogP contribution in [0.4, 0.5) is 0 Å². The number of nitrogens with two attached hydrogens (primary N) is 2. The summed E-state index contributed by atoms with van der Waals surface area (Å²) in [5.74, 6) is 1.15. The van der Waals surface area contributed by atoms with E-state index in [-0.39, 0.29) is 12.1 Å². The summed E-state index contributed by atoms with van der Waals surface area (Å²) < 4.78 is 11.0. The lowest BCUT2D eigenvalue weighted by atomic mass is 9.98. The molecule has 0 saturated carbocycles. The Bertz CT molecular complexity index is 1300. The van der Waals surface area contributed by atoms with Crippen LogP contribution in [0, 0.1) is 0 Å². The minimum absolute atomic E-state index is 0.167. The molecule has 0 amide bonds. The van der Waals surface area contributed by atoms with Crippen molar-refractivity contribution in [1.82, 2.24) is 9.97 Å². The first-order chi connectivity index (χ1) is 17.3. The number of aromatic nitrogens is 2. The van der Waals surface area contributed by atoms with Crippen molar-refractivity contribution in [2.45, 2.75) is 25.9 Å². The zero-order valence-corrected chi connectivity index (χ0v) is 22.1. The molecule has 8 heteroatoms. The summed E-state index contributed by atoms with van der Waals surface area (Å²) in [5.41, 5.74) is 18.2. The Labute approximate surface area is 221 Å². The average molecular weight is 523 g/mol. The number of methoxy groups -OCH3 is 2. The second-order valence-corrected chi connectivity index (χ2v) is 9.27. The van der Waals surface area contributed by atoms with Gasteiger partial charge in [-0.05, 0) is 38.1 Å². The van der Waals surface area contributed by atoms with Gasteiger partial charge in [0, 0.05) is 51.7 Å². The molecule has 0 radical (unpaired) electrons. The van der Waals surface area contributed by atoms with Crippen molar-refractivity contribution in [3.05, 3.63) is 82.0 Å². The molecule has 4 N–H and O–H groups in total. The van der Waals surface area contributed by atoms with E-state index in [1.54, 1.807) is 20.4 Å². The Morgan fingerprint density at radius 1 is 0.778 bits per heavy atom. The van der Waals surface area contributed by atoms with E-state index in [1.165, 1.54) is 0 Å². The van der Waals surface area contributed by atoms with Crippen molar-refractivity contribution in [2.24, 2.45) is 11.5 Å². The van der Waals surface area contributed by atoms with Crippen LogP contribution < -0.4 is 20.9 Å². The Kier molecular flexibility index (Phi) is 7.81. The van der Waals surface area contributed by atoms with Crippen LogP contribution in [-0.2, 0) is 0 Å². The zero-order chi connectivity index (χ0) is 26.0. The maximum atomic E-state index is 6.93. The summed E-state index contributed by atoms with van der Waals surface area (Å²) in [5, 5.41) is 0.995. The van der Waals surface area contributed by atoms with E-state index < -0.39 is 0 Å². The molecule has 36 heavy (non-hydrogen) atoms. The SMILES string of the molecule is COc1cc(-c2nccc(-c3cccc(-c4ccc([C@@H](C)N)c(OC)n4)c3Cl)c2Cl)ccc1[C@@H](C)N. The van der Waals surface area contributed by atoms with E-state index >= 15 is 0 Å². The Morgan fingerprint density at radius 2 is 1.44 bits per heavy atom. The van der Waals surface area contributed by atoms with E-state index in [4.69, 9.17) is 44.1 Å². The summed E-state index contributed by atoms with van der Waals surface area (Å²) in [6.45, 7) is 3.79.